The Labute approximate surface area is 91.3 Å². The van der Waals surface area contributed by atoms with Gasteiger partial charge in [-0.1, -0.05) is 6.07 Å². The van der Waals surface area contributed by atoms with E-state index < -0.39 is 0 Å². The second kappa shape index (κ2) is 5.12. The normalized spacial score (nSPS) is 17.7. The SMILES string of the molecule is Cc1ccc(NCC2CCNCC2)nc1. The zero-order valence-electron chi connectivity index (χ0n) is 9.29. The molecule has 1 aliphatic rings. The minimum atomic E-state index is 0.800. The largest absolute Gasteiger partial charge is 0.370 e. The summed E-state index contributed by atoms with van der Waals surface area (Å²) in [7, 11) is 0. The molecule has 2 N–H and O–H groups in total. The molecule has 15 heavy (non-hydrogen) atoms. The van der Waals surface area contributed by atoms with Crippen molar-refractivity contribution in [2.75, 3.05) is 25.0 Å². The molecule has 1 aromatic heterocycles. The molecule has 0 saturated carbocycles. The molecule has 2 heterocycles. The van der Waals surface area contributed by atoms with E-state index in [1.165, 1.54) is 18.4 Å². The molecule has 0 amide bonds. The van der Waals surface area contributed by atoms with Gasteiger partial charge < -0.3 is 10.6 Å². The third-order valence-electron chi connectivity index (χ3n) is 2.94. The summed E-state index contributed by atoms with van der Waals surface area (Å²) in [5.74, 6) is 1.80. The van der Waals surface area contributed by atoms with E-state index in [2.05, 4.69) is 34.7 Å². The van der Waals surface area contributed by atoms with Gasteiger partial charge in [0.05, 0.1) is 0 Å². The van der Waals surface area contributed by atoms with Gasteiger partial charge in [-0.2, -0.15) is 0 Å². The first-order valence-corrected chi connectivity index (χ1v) is 5.72. The molecule has 82 valence electrons. The molecule has 3 heteroatoms. The van der Waals surface area contributed by atoms with Gasteiger partial charge >= 0.3 is 0 Å². The number of pyridine rings is 1. The van der Waals surface area contributed by atoms with Crippen LogP contribution in [0.1, 0.15) is 18.4 Å². The van der Waals surface area contributed by atoms with E-state index in [1.807, 2.05) is 6.20 Å². The summed E-state index contributed by atoms with van der Waals surface area (Å²) in [6.45, 7) is 5.43. The molecule has 1 fully saturated rings. The standard InChI is InChI=1S/C12H19N3/c1-10-2-3-12(14-8-10)15-9-11-4-6-13-7-5-11/h2-3,8,11,13H,4-7,9H2,1H3,(H,14,15). The molecule has 0 atom stereocenters. The van der Waals surface area contributed by atoms with Crippen molar-refractivity contribution in [2.45, 2.75) is 19.8 Å². The highest BCUT2D eigenvalue weighted by Crippen LogP contribution is 2.12. The van der Waals surface area contributed by atoms with Crippen LogP contribution in [0.2, 0.25) is 0 Å². The maximum absolute atomic E-state index is 4.34. The number of nitrogens with one attached hydrogen (secondary N) is 2. The Balaban J connectivity index is 1.79. The number of rotatable bonds is 3. The summed E-state index contributed by atoms with van der Waals surface area (Å²) in [5.41, 5.74) is 1.21. The summed E-state index contributed by atoms with van der Waals surface area (Å²) in [4.78, 5) is 4.34. The molecular formula is C12H19N3. The van der Waals surface area contributed by atoms with Gasteiger partial charge in [-0.25, -0.2) is 4.98 Å². The first-order chi connectivity index (χ1) is 7.34. The highest BCUT2D eigenvalue weighted by Gasteiger charge is 2.12. The Kier molecular flexibility index (Phi) is 3.56. The van der Waals surface area contributed by atoms with Gasteiger partial charge in [-0.05, 0) is 50.4 Å². The number of hydrogen-bond acceptors (Lipinski definition) is 3. The van der Waals surface area contributed by atoms with Crippen LogP contribution in [0.15, 0.2) is 18.3 Å². The van der Waals surface area contributed by atoms with Gasteiger partial charge in [-0.15, -0.1) is 0 Å². The maximum Gasteiger partial charge on any atom is 0.125 e. The molecule has 0 aliphatic carbocycles. The smallest absolute Gasteiger partial charge is 0.125 e. The molecule has 1 aromatic rings. The highest BCUT2D eigenvalue weighted by molar-refractivity contribution is 5.35. The molecular weight excluding hydrogens is 186 g/mol. The maximum atomic E-state index is 4.34. The zero-order valence-corrected chi connectivity index (χ0v) is 9.29. The Hall–Kier alpha value is -1.09. The summed E-state index contributed by atoms with van der Waals surface area (Å²) in [5, 5.41) is 6.78. The number of anilines is 1. The van der Waals surface area contributed by atoms with E-state index in [9.17, 15) is 0 Å². The molecule has 0 spiro atoms. The van der Waals surface area contributed by atoms with Crippen LogP contribution in [0.3, 0.4) is 0 Å². The summed E-state index contributed by atoms with van der Waals surface area (Å²) in [6.07, 6.45) is 4.46. The fraction of sp³-hybridized carbons (Fsp3) is 0.583. The molecule has 2 rings (SSSR count). The lowest BCUT2D eigenvalue weighted by molar-refractivity contribution is 0.389. The lowest BCUT2D eigenvalue weighted by atomic mass is 9.98. The topological polar surface area (TPSA) is 37.0 Å². The van der Waals surface area contributed by atoms with E-state index in [0.29, 0.717) is 0 Å². The minimum Gasteiger partial charge on any atom is -0.370 e. The molecule has 0 radical (unpaired) electrons. The van der Waals surface area contributed by atoms with E-state index in [0.717, 1.165) is 31.4 Å². The Morgan fingerprint density at radius 1 is 1.40 bits per heavy atom. The van der Waals surface area contributed by atoms with Crippen LogP contribution in [0.4, 0.5) is 5.82 Å². The van der Waals surface area contributed by atoms with Crippen molar-refractivity contribution in [3.63, 3.8) is 0 Å². The van der Waals surface area contributed by atoms with Crippen molar-refractivity contribution in [1.29, 1.82) is 0 Å². The lowest BCUT2D eigenvalue weighted by Gasteiger charge is -2.22. The van der Waals surface area contributed by atoms with E-state index in [-0.39, 0.29) is 0 Å². The lowest BCUT2D eigenvalue weighted by Crippen LogP contribution is -2.31. The number of aromatic nitrogens is 1. The van der Waals surface area contributed by atoms with Crippen molar-refractivity contribution < 1.29 is 0 Å². The highest BCUT2D eigenvalue weighted by atomic mass is 15.0. The average Bonchev–Trinajstić information content (AvgIpc) is 2.30. The Morgan fingerprint density at radius 3 is 2.87 bits per heavy atom. The fourth-order valence-corrected chi connectivity index (χ4v) is 1.91. The second-order valence-electron chi connectivity index (χ2n) is 4.30. The number of nitrogens with zero attached hydrogens (tertiary/aromatic N) is 1. The van der Waals surface area contributed by atoms with Crippen molar-refractivity contribution in [2.24, 2.45) is 5.92 Å². The predicted molar refractivity (Wildman–Crippen MR) is 63.1 cm³/mol. The molecule has 3 nitrogen and oxygen atoms in total. The number of aryl methyl sites for hydroxylation is 1. The fourth-order valence-electron chi connectivity index (χ4n) is 1.91. The molecule has 0 aromatic carbocycles. The van der Waals surface area contributed by atoms with E-state index in [4.69, 9.17) is 0 Å². The van der Waals surface area contributed by atoms with Gasteiger partial charge in [0.25, 0.3) is 0 Å². The van der Waals surface area contributed by atoms with Crippen LogP contribution in [0, 0.1) is 12.8 Å². The van der Waals surface area contributed by atoms with Crippen LogP contribution in [0.5, 0.6) is 0 Å². The van der Waals surface area contributed by atoms with Gasteiger partial charge in [0, 0.05) is 12.7 Å². The third kappa shape index (κ3) is 3.20. The molecule has 1 saturated heterocycles. The molecule has 0 bridgehead atoms. The van der Waals surface area contributed by atoms with Gasteiger partial charge in [0.15, 0.2) is 0 Å². The summed E-state index contributed by atoms with van der Waals surface area (Å²) < 4.78 is 0. The summed E-state index contributed by atoms with van der Waals surface area (Å²) in [6, 6.07) is 4.15. The van der Waals surface area contributed by atoms with Crippen LogP contribution in [-0.2, 0) is 0 Å². The third-order valence-corrected chi connectivity index (χ3v) is 2.94. The first-order valence-electron chi connectivity index (χ1n) is 5.72. The van der Waals surface area contributed by atoms with Gasteiger partial charge in [0.2, 0.25) is 0 Å². The average molecular weight is 205 g/mol. The van der Waals surface area contributed by atoms with Gasteiger partial charge in [0.1, 0.15) is 5.82 Å². The number of piperidine rings is 1. The quantitative estimate of drug-likeness (QED) is 0.790. The van der Waals surface area contributed by atoms with Crippen molar-refractivity contribution in [1.82, 2.24) is 10.3 Å². The van der Waals surface area contributed by atoms with Crippen molar-refractivity contribution in [3.8, 4) is 0 Å². The predicted octanol–water partition coefficient (Wildman–Crippen LogP) is 1.80. The van der Waals surface area contributed by atoms with Crippen LogP contribution < -0.4 is 10.6 Å². The van der Waals surface area contributed by atoms with Crippen molar-refractivity contribution >= 4 is 5.82 Å². The minimum absolute atomic E-state index is 0.800. The monoisotopic (exact) mass is 205 g/mol. The van der Waals surface area contributed by atoms with Crippen LogP contribution >= 0.6 is 0 Å². The molecule has 1 aliphatic heterocycles. The van der Waals surface area contributed by atoms with E-state index in [1.54, 1.807) is 0 Å². The van der Waals surface area contributed by atoms with Crippen molar-refractivity contribution in [3.05, 3.63) is 23.9 Å². The second-order valence-corrected chi connectivity index (χ2v) is 4.30. The first kappa shape index (κ1) is 10.4. The Bertz CT molecular complexity index is 288. The Morgan fingerprint density at radius 2 is 2.20 bits per heavy atom. The summed E-state index contributed by atoms with van der Waals surface area (Å²) >= 11 is 0. The molecule has 0 unspecified atom stereocenters. The number of hydrogen-bond donors (Lipinski definition) is 2. The van der Waals surface area contributed by atoms with Crippen LogP contribution in [0.25, 0.3) is 0 Å². The van der Waals surface area contributed by atoms with Crippen LogP contribution in [-0.4, -0.2) is 24.6 Å². The van der Waals surface area contributed by atoms with Gasteiger partial charge in [-0.3, -0.25) is 0 Å². The zero-order chi connectivity index (χ0) is 10.5. The van der Waals surface area contributed by atoms with E-state index >= 15 is 0 Å².